The maximum Gasteiger partial charge on any atom is 0.264 e. The van der Waals surface area contributed by atoms with Crippen molar-refractivity contribution in [3.8, 4) is 23.0 Å². The molecule has 0 aliphatic rings. The Labute approximate surface area is 205 Å². The van der Waals surface area contributed by atoms with Crippen LogP contribution in [0.2, 0.25) is 0 Å². The number of hydrogen-bond donors (Lipinski definition) is 1. The lowest BCUT2D eigenvalue weighted by Gasteiger charge is -2.25. The van der Waals surface area contributed by atoms with Gasteiger partial charge in [-0.2, -0.15) is 0 Å². The lowest BCUT2D eigenvalue weighted by molar-refractivity contribution is -0.119. The second-order valence-corrected chi connectivity index (χ2v) is 9.10. The Hall–Kier alpha value is -3.92. The van der Waals surface area contributed by atoms with E-state index in [-0.39, 0.29) is 23.7 Å². The average Bonchev–Trinajstić information content (AvgIpc) is 2.90. The summed E-state index contributed by atoms with van der Waals surface area (Å²) >= 11 is 0. The zero-order valence-corrected chi connectivity index (χ0v) is 20.6. The van der Waals surface area contributed by atoms with E-state index in [4.69, 9.17) is 18.9 Å². The highest BCUT2D eigenvalue weighted by Crippen LogP contribution is 2.32. The number of sulfonamides is 1. The molecule has 0 radical (unpaired) electrons. The standard InChI is InChI=1S/C25H28N2O7S/c1-31-19-8-10-21(11-9-19)34-17-16-26-25(28)18-27(23-6-4-5-7-24(23)33-3)35(29,30)22-14-12-20(32-2)13-15-22/h4-15H,16-18H2,1-3H3,(H,26,28). The first kappa shape index (κ1) is 25.7. The number of rotatable bonds is 12. The van der Waals surface area contributed by atoms with Gasteiger partial charge in [-0.25, -0.2) is 8.42 Å². The van der Waals surface area contributed by atoms with E-state index >= 15 is 0 Å². The van der Waals surface area contributed by atoms with Gasteiger partial charge in [-0.3, -0.25) is 9.10 Å². The molecule has 0 fully saturated rings. The zero-order chi connectivity index (χ0) is 25.3. The molecule has 0 atom stereocenters. The molecular formula is C25H28N2O7S. The van der Waals surface area contributed by atoms with Gasteiger partial charge in [-0.05, 0) is 60.7 Å². The predicted molar refractivity (Wildman–Crippen MR) is 132 cm³/mol. The summed E-state index contributed by atoms with van der Waals surface area (Å²) in [7, 11) is 0.416. The molecule has 10 heteroatoms. The number of nitrogens with zero attached hydrogens (tertiary/aromatic N) is 1. The van der Waals surface area contributed by atoms with Gasteiger partial charge in [0.25, 0.3) is 10.0 Å². The third-order valence-electron chi connectivity index (χ3n) is 5.04. The Kier molecular flexibility index (Phi) is 8.80. The van der Waals surface area contributed by atoms with Crippen molar-refractivity contribution in [3.63, 3.8) is 0 Å². The molecule has 1 N–H and O–H groups in total. The Bertz CT molecular complexity index is 1210. The Morgan fingerprint density at radius 2 is 1.37 bits per heavy atom. The van der Waals surface area contributed by atoms with Crippen molar-refractivity contribution >= 4 is 21.6 Å². The number of para-hydroxylation sites is 2. The molecule has 0 aromatic heterocycles. The highest BCUT2D eigenvalue weighted by molar-refractivity contribution is 7.92. The van der Waals surface area contributed by atoms with Crippen LogP contribution in [-0.4, -0.2) is 55.4 Å². The van der Waals surface area contributed by atoms with Crippen LogP contribution in [0.3, 0.4) is 0 Å². The van der Waals surface area contributed by atoms with Crippen molar-refractivity contribution in [2.45, 2.75) is 4.90 Å². The van der Waals surface area contributed by atoms with E-state index in [0.29, 0.717) is 23.0 Å². The number of ether oxygens (including phenoxy) is 4. The van der Waals surface area contributed by atoms with Crippen molar-refractivity contribution in [2.24, 2.45) is 0 Å². The topological polar surface area (TPSA) is 103 Å². The van der Waals surface area contributed by atoms with Crippen LogP contribution in [-0.2, 0) is 14.8 Å². The summed E-state index contributed by atoms with van der Waals surface area (Å²) in [6.07, 6.45) is 0. The fraction of sp³-hybridized carbons (Fsp3) is 0.240. The molecule has 35 heavy (non-hydrogen) atoms. The summed E-state index contributed by atoms with van der Waals surface area (Å²) in [5.74, 6) is 1.67. The van der Waals surface area contributed by atoms with Crippen LogP contribution in [0.5, 0.6) is 23.0 Å². The Balaban J connectivity index is 1.73. The molecule has 3 aromatic carbocycles. The Morgan fingerprint density at radius 1 is 0.800 bits per heavy atom. The van der Waals surface area contributed by atoms with Crippen LogP contribution >= 0.6 is 0 Å². The quantitative estimate of drug-likeness (QED) is 0.381. The number of anilines is 1. The van der Waals surface area contributed by atoms with Gasteiger partial charge in [0.15, 0.2) is 0 Å². The highest BCUT2D eigenvalue weighted by Gasteiger charge is 2.29. The minimum atomic E-state index is -4.09. The molecule has 1 amide bonds. The molecule has 9 nitrogen and oxygen atoms in total. The summed E-state index contributed by atoms with van der Waals surface area (Å²) in [4.78, 5) is 12.8. The SMILES string of the molecule is COc1ccc(OCCNC(=O)CN(c2ccccc2OC)S(=O)(=O)c2ccc(OC)cc2)cc1. The van der Waals surface area contributed by atoms with Crippen molar-refractivity contribution < 1.29 is 32.2 Å². The number of carbonyl (C=O) groups is 1. The summed E-state index contributed by atoms with van der Waals surface area (Å²) in [6.45, 7) is -0.0531. The molecule has 0 unspecified atom stereocenters. The molecule has 0 saturated heterocycles. The smallest absolute Gasteiger partial charge is 0.264 e. The van der Waals surface area contributed by atoms with E-state index in [2.05, 4.69) is 5.32 Å². The van der Waals surface area contributed by atoms with Gasteiger partial charge >= 0.3 is 0 Å². The number of hydrogen-bond acceptors (Lipinski definition) is 7. The van der Waals surface area contributed by atoms with E-state index < -0.39 is 22.5 Å². The van der Waals surface area contributed by atoms with Gasteiger partial charge in [-0.1, -0.05) is 12.1 Å². The van der Waals surface area contributed by atoms with Crippen LogP contribution in [0.4, 0.5) is 5.69 Å². The number of methoxy groups -OCH3 is 3. The molecule has 3 aromatic rings. The van der Waals surface area contributed by atoms with Crippen molar-refractivity contribution in [1.82, 2.24) is 5.32 Å². The maximum atomic E-state index is 13.5. The van der Waals surface area contributed by atoms with Crippen molar-refractivity contribution in [2.75, 3.05) is 45.3 Å². The first-order valence-corrected chi connectivity index (χ1v) is 12.2. The molecule has 0 saturated carbocycles. The number of nitrogens with one attached hydrogen (secondary N) is 1. The van der Waals surface area contributed by atoms with Gasteiger partial charge < -0.3 is 24.3 Å². The molecule has 0 aliphatic heterocycles. The van der Waals surface area contributed by atoms with Gasteiger partial charge in [0.2, 0.25) is 5.91 Å². The molecule has 3 rings (SSSR count). The van der Waals surface area contributed by atoms with Crippen LogP contribution in [0.25, 0.3) is 0 Å². The first-order chi connectivity index (χ1) is 16.9. The van der Waals surface area contributed by atoms with Gasteiger partial charge in [0.05, 0.1) is 38.5 Å². The predicted octanol–water partition coefficient (Wildman–Crippen LogP) is 3.10. The van der Waals surface area contributed by atoms with E-state index in [9.17, 15) is 13.2 Å². The maximum absolute atomic E-state index is 13.5. The van der Waals surface area contributed by atoms with E-state index in [1.54, 1.807) is 67.8 Å². The van der Waals surface area contributed by atoms with E-state index in [1.165, 1.54) is 26.4 Å². The normalized spacial score (nSPS) is 10.8. The summed E-state index contributed by atoms with van der Waals surface area (Å²) in [5, 5.41) is 2.70. The van der Waals surface area contributed by atoms with Crippen LogP contribution < -0.4 is 28.6 Å². The molecule has 0 aliphatic carbocycles. The summed E-state index contributed by atoms with van der Waals surface area (Å²) < 4.78 is 49.2. The summed E-state index contributed by atoms with van der Waals surface area (Å²) in [5.41, 5.74) is 0.246. The van der Waals surface area contributed by atoms with Crippen LogP contribution in [0.15, 0.2) is 77.7 Å². The number of benzene rings is 3. The van der Waals surface area contributed by atoms with E-state index in [1.807, 2.05) is 0 Å². The average molecular weight is 501 g/mol. The largest absolute Gasteiger partial charge is 0.497 e. The molecule has 0 heterocycles. The highest BCUT2D eigenvalue weighted by atomic mass is 32.2. The van der Waals surface area contributed by atoms with E-state index in [0.717, 1.165) is 4.31 Å². The minimum Gasteiger partial charge on any atom is -0.497 e. The third-order valence-corrected chi connectivity index (χ3v) is 6.81. The number of carbonyl (C=O) groups excluding carboxylic acids is 1. The molecule has 0 bridgehead atoms. The first-order valence-electron chi connectivity index (χ1n) is 10.7. The fourth-order valence-corrected chi connectivity index (χ4v) is 4.66. The minimum absolute atomic E-state index is 0.0137. The van der Waals surface area contributed by atoms with Gasteiger partial charge in [-0.15, -0.1) is 0 Å². The van der Waals surface area contributed by atoms with Crippen LogP contribution in [0.1, 0.15) is 0 Å². The second-order valence-electron chi connectivity index (χ2n) is 7.23. The van der Waals surface area contributed by atoms with Crippen molar-refractivity contribution in [3.05, 3.63) is 72.8 Å². The zero-order valence-electron chi connectivity index (χ0n) is 19.8. The van der Waals surface area contributed by atoms with Gasteiger partial charge in [0.1, 0.15) is 36.1 Å². The third kappa shape index (κ3) is 6.57. The molecular weight excluding hydrogens is 472 g/mol. The molecule has 0 spiro atoms. The summed E-state index contributed by atoms with van der Waals surface area (Å²) in [6, 6.07) is 19.6. The van der Waals surface area contributed by atoms with Crippen molar-refractivity contribution in [1.29, 1.82) is 0 Å². The monoisotopic (exact) mass is 500 g/mol. The van der Waals surface area contributed by atoms with Gasteiger partial charge in [0, 0.05) is 0 Å². The number of amides is 1. The fourth-order valence-electron chi connectivity index (χ4n) is 3.23. The van der Waals surface area contributed by atoms with Crippen LogP contribution in [0, 0.1) is 0 Å². The molecule has 186 valence electrons. The lowest BCUT2D eigenvalue weighted by Crippen LogP contribution is -2.42. The lowest BCUT2D eigenvalue weighted by atomic mass is 10.3. The Morgan fingerprint density at radius 3 is 1.97 bits per heavy atom. The second kappa shape index (κ2) is 12.0.